The number of nitrogens with zero attached hydrogens (tertiary/aromatic N) is 2. The number of aryl methyl sites for hydroxylation is 1. The van der Waals surface area contributed by atoms with Crippen LogP contribution in [0.5, 0.6) is 0 Å². The molecule has 0 bridgehead atoms. The summed E-state index contributed by atoms with van der Waals surface area (Å²) in [5, 5.41) is 9.34. The normalized spacial score (nSPS) is 11.2. The van der Waals surface area contributed by atoms with E-state index >= 15 is 0 Å². The lowest BCUT2D eigenvalue weighted by atomic mass is 10.1. The summed E-state index contributed by atoms with van der Waals surface area (Å²) < 4.78 is 0. The Balaban J connectivity index is 2.66. The predicted octanol–water partition coefficient (Wildman–Crippen LogP) is 2.42. The second-order valence-electron chi connectivity index (χ2n) is 3.43. The molecule has 3 rings (SSSR count). The molecular formula is C11H9N3. The van der Waals surface area contributed by atoms with Crippen molar-refractivity contribution in [2.45, 2.75) is 6.92 Å². The molecule has 1 N–H and O–H groups in total. The number of fused-ring (bicyclic) bond motifs is 3. The van der Waals surface area contributed by atoms with Crippen molar-refractivity contribution >= 4 is 21.8 Å². The predicted molar refractivity (Wildman–Crippen MR) is 56.1 cm³/mol. The lowest BCUT2D eigenvalue weighted by Crippen LogP contribution is -1.82. The molecule has 1 aromatic carbocycles. The maximum absolute atomic E-state index is 4.35. The molecule has 68 valence electrons. The Kier molecular flexibility index (Phi) is 1.36. The standard InChI is InChI=1S/C11H9N3/c1-7-5-8-3-2-4-12-10(8)11-9(7)6-13-14-11/h2-6H,1H3,(H,13,14). The number of benzene rings is 1. The first-order valence-corrected chi connectivity index (χ1v) is 4.53. The Hall–Kier alpha value is -1.90. The molecule has 0 aliphatic carbocycles. The molecular weight excluding hydrogens is 174 g/mol. The van der Waals surface area contributed by atoms with Gasteiger partial charge in [-0.2, -0.15) is 5.10 Å². The summed E-state index contributed by atoms with van der Waals surface area (Å²) in [5.74, 6) is 0. The smallest absolute Gasteiger partial charge is 0.0958 e. The van der Waals surface area contributed by atoms with Gasteiger partial charge in [0.2, 0.25) is 0 Å². The molecule has 0 fully saturated rings. The molecule has 2 aromatic heterocycles. The van der Waals surface area contributed by atoms with Crippen molar-refractivity contribution in [2.24, 2.45) is 0 Å². The lowest BCUT2D eigenvalue weighted by molar-refractivity contribution is 1.12. The number of aromatic nitrogens is 3. The lowest BCUT2D eigenvalue weighted by Gasteiger charge is -2.00. The van der Waals surface area contributed by atoms with E-state index in [9.17, 15) is 0 Å². The number of hydrogen-bond acceptors (Lipinski definition) is 2. The number of pyridine rings is 1. The van der Waals surface area contributed by atoms with Crippen molar-refractivity contribution in [1.82, 2.24) is 15.2 Å². The second kappa shape index (κ2) is 2.54. The Morgan fingerprint density at radius 3 is 3.21 bits per heavy atom. The summed E-state index contributed by atoms with van der Waals surface area (Å²) in [6, 6.07) is 6.15. The molecule has 0 unspecified atom stereocenters. The third-order valence-electron chi connectivity index (χ3n) is 2.51. The molecule has 3 nitrogen and oxygen atoms in total. The van der Waals surface area contributed by atoms with Gasteiger partial charge in [0.1, 0.15) is 0 Å². The summed E-state index contributed by atoms with van der Waals surface area (Å²) >= 11 is 0. The quantitative estimate of drug-likeness (QED) is 0.581. The Morgan fingerprint density at radius 1 is 1.36 bits per heavy atom. The van der Waals surface area contributed by atoms with Gasteiger partial charge in [-0.3, -0.25) is 10.1 Å². The fourth-order valence-corrected chi connectivity index (χ4v) is 1.82. The zero-order valence-corrected chi connectivity index (χ0v) is 7.78. The van der Waals surface area contributed by atoms with Gasteiger partial charge < -0.3 is 0 Å². The van der Waals surface area contributed by atoms with Crippen molar-refractivity contribution in [3.05, 3.63) is 36.2 Å². The minimum Gasteiger partial charge on any atom is -0.276 e. The largest absolute Gasteiger partial charge is 0.276 e. The monoisotopic (exact) mass is 183 g/mol. The van der Waals surface area contributed by atoms with Crippen molar-refractivity contribution in [2.75, 3.05) is 0 Å². The van der Waals surface area contributed by atoms with Gasteiger partial charge in [-0.15, -0.1) is 0 Å². The maximum Gasteiger partial charge on any atom is 0.0958 e. The van der Waals surface area contributed by atoms with Crippen LogP contribution in [-0.4, -0.2) is 15.2 Å². The first-order valence-electron chi connectivity index (χ1n) is 4.53. The van der Waals surface area contributed by atoms with Crippen LogP contribution >= 0.6 is 0 Å². The number of aromatic amines is 1. The Labute approximate surface area is 80.8 Å². The van der Waals surface area contributed by atoms with Gasteiger partial charge >= 0.3 is 0 Å². The van der Waals surface area contributed by atoms with Gasteiger partial charge in [0.15, 0.2) is 0 Å². The zero-order valence-electron chi connectivity index (χ0n) is 7.78. The second-order valence-corrected chi connectivity index (χ2v) is 3.43. The van der Waals surface area contributed by atoms with E-state index in [4.69, 9.17) is 0 Å². The SMILES string of the molecule is Cc1cc2cccnc2c2[nH]ncc12. The zero-order chi connectivity index (χ0) is 9.54. The molecule has 0 atom stereocenters. The number of hydrogen-bond donors (Lipinski definition) is 1. The van der Waals surface area contributed by atoms with Crippen LogP contribution in [0, 0.1) is 6.92 Å². The highest BCUT2D eigenvalue weighted by Gasteiger charge is 2.05. The molecule has 3 heteroatoms. The van der Waals surface area contributed by atoms with Gasteiger partial charge in [0.05, 0.1) is 17.2 Å². The van der Waals surface area contributed by atoms with Crippen LogP contribution < -0.4 is 0 Å². The van der Waals surface area contributed by atoms with Crippen LogP contribution in [0.1, 0.15) is 5.56 Å². The molecule has 0 saturated heterocycles. The fourth-order valence-electron chi connectivity index (χ4n) is 1.82. The highest BCUT2D eigenvalue weighted by molar-refractivity contribution is 6.04. The molecule has 0 amide bonds. The van der Waals surface area contributed by atoms with E-state index in [1.54, 1.807) is 6.20 Å². The Bertz CT molecular complexity index is 610. The average Bonchev–Trinajstić information content (AvgIpc) is 2.67. The summed E-state index contributed by atoms with van der Waals surface area (Å²) in [6.07, 6.45) is 3.65. The van der Waals surface area contributed by atoms with E-state index in [0.717, 1.165) is 21.8 Å². The third kappa shape index (κ3) is 0.865. The highest BCUT2D eigenvalue weighted by atomic mass is 15.1. The van der Waals surface area contributed by atoms with Gasteiger partial charge in [0.25, 0.3) is 0 Å². The summed E-state index contributed by atoms with van der Waals surface area (Å²) in [4.78, 5) is 4.35. The van der Waals surface area contributed by atoms with E-state index in [0.29, 0.717) is 0 Å². The van der Waals surface area contributed by atoms with Crippen LogP contribution in [0.4, 0.5) is 0 Å². The van der Waals surface area contributed by atoms with E-state index < -0.39 is 0 Å². The van der Waals surface area contributed by atoms with Gasteiger partial charge in [0, 0.05) is 17.0 Å². The Morgan fingerprint density at radius 2 is 2.29 bits per heavy atom. The maximum atomic E-state index is 4.35. The third-order valence-corrected chi connectivity index (χ3v) is 2.51. The average molecular weight is 183 g/mol. The molecule has 14 heavy (non-hydrogen) atoms. The van der Waals surface area contributed by atoms with Crippen LogP contribution in [0.15, 0.2) is 30.6 Å². The summed E-state index contributed by atoms with van der Waals surface area (Å²) in [7, 11) is 0. The van der Waals surface area contributed by atoms with Gasteiger partial charge in [-0.1, -0.05) is 6.07 Å². The number of rotatable bonds is 0. The highest BCUT2D eigenvalue weighted by Crippen LogP contribution is 2.24. The van der Waals surface area contributed by atoms with Crippen molar-refractivity contribution in [3.8, 4) is 0 Å². The first kappa shape index (κ1) is 7.50. The molecule has 0 aliphatic heterocycles. The van der Waals surface area contributed by atoms with E-state index in [1.165, 1.54) is 5.56 Å². The summed E-state index contributed by atoms with van der Waals surface area (Å²) in [6.45, 7) is 2.09. The van der Waals surface area contributed by atoms with E-state index in [1.807, 2.05) is 12.3 Å². The number of nitrogens with one attached hydrogen (secondary N) is 1. The van der Waals surface area contributed by atoms with Crippen LogP contribution in [-0.2, 0) is 0 Å². The van der Waals surface area contributed by atoms with Crippen molar-refractivity contribution in [1.29, 1.82) is 0 Å². The molecule has 3 aromatic rings. The first-order chi connectivity index (χ1) is 6.86. The van der Waals surface area contributed by atoms with Gasteiger partial charge in [-0.25, -0.2) is 0 Å². The van der Waals surface area contributed by atoms with Crippen LogP contribution in [0.25, 0.3) is 21.8 Å². The number of H-pyrrole nitrogens is 1. The van der Waals surface area contributed by atoms with Crippen LogP contribution in [0.3, 0.4) is 0 Å². The minimum atomic E-state index is 0.991. The van der Waals surface area contributed by atoms with Crippen LogP contribution in [0.2, 0.25) is 0 Å². The fraction of sp³-hybridized carbons (Fsp3) is 0.0909. The van der Waals surface area contributed by atoms with Crippen molar-refractivity contribution < 1.29 is 0 Å². The molecule has 0 aliphatic rings. The topological polar surface area (TPSA) is 41.6 Å². The molecule has 0 spiro atoms. The van der Waals surface area contributed by atoms with Crippen molar-refractivity contribution in [3.63, 3.8) is 0 Å². The molecule has 0 radical (unpaired) electrons. The van der Waals surface area contributed by atoms with E-state index in [-0.39, 0.29) is 0 Å². The summed E-state index contributed by atoms with van der Waals surface area (Å²) in [5.41, 5.74) is 3.25. The molecule has 2 heterocycles. The van der Waals surface area contributed by atoms with Gasteiger partial charge in [-0.05, 0) is 24.6 Å². The molecule has 0 saturated carbocycles. The minimum absolute atomic E-state index is 0.991. The van der Waals surface area contributed by atoms with E-state index in [2.05, 4.69) is 34.2 Å².